The third-order valence-corrected chi connectivity index (χ3v) is 4.91. The van der Waals surface area contributed by atoms with Crippen molar-refractivity contribution in [2.75, 3.05) is 40.0 Å². The third kappa shape index (κ3) is 4.55. The van der Waals surface area contributed by atoms with E-state index < -0.39 is 0 Å². The first-order chi connectivity index (χ1) is 13.8. The van der Waals surface area contributed by atoms with Crippen LogP contribution in [-0.4, -0.2) is 64.8 Å². The number of nitrogens with zero attached hydrogens (tertiary/aromatic N) is 5. The number of hydrogen-bond donors (Lipinski definition) is 0. The van der Waals surface area contributed by atoms with Crippen LogP contribution in [0.2, 0.25) is 0 Å². The van der Waals surface area contributed by atoms with Crippen molar-refractivity contribution in [2.45, 2.75) is 13.0 Å². The predicted octanol–water partition coefficient (Wildman–Crippen LogP) is 2.74. The number of aryl methyl sites for hydroxylation is 1. The molecule has 2 aromatic heterocycles. The minimum atomic E-state index is 0.510. The van der Waals surface area contributed by atoms with E-state index in [2.05, 4.69) is 39.5 Å². The Morgan fingerprint density at radius 2 is 1.79 bits per heavy atom. The van der Waals surface area contributed by atoms with Gasteiger partial charge in [-0.15, -0.1) is 10.2 Å². The Labute approximate surface area is 164 Å². The molecule has 7 heteroatoms. The SMILES string of the molecule is COc1ccc(-c2cccc(-c3ccn(CCCN4CCOCC4)n3)c2)nn1. The summed E-state index contributed by atoms with van der Waals surface area (Å²) in [5, 5.41) is 13.0. The summed E-state index contributed by atoms with van der Waals surface area (Å²) in [5.74, 6) is 0.510. The van der Waals surface area contributed by atoms with E-state index in [-0.39, 0.29) is 0 Å². The van der Waals surface area contributed by atoms with Crippen molar-refractivity contribution in [2.24, 2.45) is 0 Å². The molecule has 146 valence electrons. The highest BCUT2D eigenvalue weighted by Gasteiger charge is 2.10. The largest absolute Gasteiger partial charge is 0.480 e. The van der Waals surface area contributed by atoms with Gasteiger partial charge in [0.15, 0.2) is 0 Å². The van der Waals surface area contributed by atoms with Gasteiger partial charge in [-0.2, -0.15) is 5.10 Å². The standard InChI is InChI=1S/C21H25N5O2/c1-27-21-7-6-19(22-23-21)17-4-2-5-18(16-17)20-8-11-26(24-20)10-3-9-25-12-14-28-15-13-25/h2,4-8,11,16H,3,9-10,12-15H2,1H3. The lowest BCUT2D eigenvalue weighted by Crippen LogP contribution is -2.37. The second-order valence-electron chi connectivity index (χ2n) is 6.81. The van der Waals surface area contributed by atoms with Gasteiger partial charge in [-0.25, -0.2) is 0 Å². The van der Waals surface area contributed by atoms with Crippen LogP contribution in [0.25, 0.3) is 22.5 Å². The van der Waals surface area contributed by atoms with E-state index in [1.807, 2.05) is 28.9 Å². The van der Waals surface area contributed by atoms with Crippen LogP contribution in [0.15, 0.2) is 48.7 Å². The molecule has 0 aliphatic carbocycles. The predicted molar refractivity (Wildman–Crippen MR) is 107 cm³/mol. The molecule has 0 amide bonds. The Hall–Kier alpha value is -2.77. The number of ether oxygens (including phenoxy) is 2. The molecule has 0 radical (unpaired) electrons. The molecule has 1 aliphatic rings. The number of benzene rings is 1. The molecular weight excluding hydrogens is 354 g/mol. The Bertz CT molecular complexity index is 888. The van der Waals surface area contributed by atoms with Gasteiger partial charge in [-0.05, 0) is 24.6 Å². The monoisotopic (exact) mass is 379 g/mol. The maximum atomic E-state index is 5.40. The quantitative estimate of drug-likeness (QED) is 0.629. The molecule has 0 bridgehead atoms. The molecule has 1 saturated heterocycles. The first-order valence-corrected chi connectivity index (χ1v) is 9.64. The van der Waals surface area contributed by atoms with Gasteiger partial charge in [0.1, 0.15) is 0 Å². The van der Waals surface area contributed by atoms with Crippen LogP contribution in [0.5, 0.6) is 5.88 Å². The van der Waals surface area contributed by atoms with Gasteiger partial charge in [-0.1, -0.05) is 18.2 Å². The van der Waals surface area contributed by atoms with Crippen LogP contribution >= 0.6 is 0 Å². The van der Waals surface area contributed by atoms with Crippen LogP contribution in [0, 0.1) is 0 Å². The van der Waals surface area contributed by atoms with Crippen molar-refractivity contribution in [1.82, 2.24) is 24.9 Å². The Balaban J connectivity index is 1.40. The summed E-state index contributed by atoms with van der Waals surface area (Å²) in [4.78, 5) is 2.45. The second-order valence-corrected chi connectivity index (χ2v) is 6.81. The van der Waals surface area contributed by atoms with Gasteiger partial charge >= 0.3 is 0 Å². The lowest BCUT2D eigenvalue weighted by molar-refractivity contribution is 0.0368. The van der Waals surface area contributed by atoms with E-state index in [0.717, 1.165) is 68.3 Å². The van der Waals surface area contributed by atoms with Gasteiger partial charge in [0.2, 0.25) is 5.88 Å². The highest BCUT2D eigenvalue weighted by Crippen LogP contribution is 2.24. The first kappa shape index (κ1) is 18.6. The van der Waals surface area contributed by atoms with Crippen LogP contribution in [0.3, 0.4) is 0 Å². The molecule has 4 rings (SSSR count). The van der Waals surface area contributed by atoms with Gasteiger partial charge in [0.05, 0.1) is 31.7 Å². The molecule has 3 heterocycles. The average Bonchev–Trinajstić information content (AvgIpc) is 3.24. The molecule has 0 spiro atoms. The summed E-state index contributed by atoms with van der Waals surface area (Å²) in [6.45, 7) is 5.77. The van der Waals surface area contributed by atoms with E-state index in [1.54, 1.807) is 7.11 Å². The molecule has 7 nitrogen and oxygen atoms in total. The zero-order valence-corrected chi connectivity index (χ0v) is 16.1. The number of aromatic nitrogens is 4. The number of rotatable bonds is 7. The summed E-state index contributed by atoms with van der Waals surface area (Å²) in [6, 6.07) is 14.0. The minimum absolute atomic E-state index is 0.510. The van der Waals surface area contributed by atoms with E-state index in [0.29, 0.717) is 5.88 Å². The Morgan fingerprint density at radius 1 is 0.964 bits per heavy atom. The Morgan fingerprint density at radius 3 is 2.54 bits per heavy atom. The zero-order chi connectivity index (χ0) is 19.2. The fraction of sp³-hybridized carbons (Fsp3) is 0.381. The lowest BCUT2D eigenvalue weighted by Gasteiger charge is -2.26. The molecule has 1 aliphatic heterocycles. The van der Waals surface area contributed by atoms with Crippen molar-refractivity contribution in [1.29, 1.82) is 0 Å². The van der Waals surface area contributed by atoms with Crippen LogP contribution < -0.4 is 4.74 Å². The van der Waals surface area contributed by atoms with Crippen LogP contribution in [0.1, 0.15) is 6.42 Å². The first-order valence-electron chi connectivity index (χ1n) is 9.64. The molecule has 1 fully saturated rings. The number of methoxy groups -OCH3 is 1. The summed E-state index contributed by atoms with van der Waals surface area (Å²) < 4.78 is 12.5. The van der Waals surface area contributed by atoms with E-state index >= 15 is 0 Å². The molecule has 0 saturated carbocycles. The molecule has 0 atom stereocenters. The van der Waals surface area contributed by atoms with Gasteiger partial charge < -0.3 is 9.47 Å². The molecule has 1 aromatic carbocycles. The fourth-order valence-corrected chi connectivity index (χ4v) is 3.34. The van der Waals surface area contributed by atoms with Crippen molar-refractivity contribution < 1.29 is 9.47 Å². The average molecular weight is 379 g/mol. The van der Waals surface area contributed by atoms with Gasteiger partial charge in [0, 0.05) is 49.6 Å². The molecular formula is C21H25N5O2. The molecule has 0 unspecified atom stereocenters. The van der Waals surface area contributed by atoms with E-state index in [9.17, 15) is 0 Å². The lowest BCUT2D eigenvalue weighted by atomic mass is 10.1. The molecule has 28 heavy (non-hydrogen) atoms. The van der Waals surface area contributed by atoms with Crippen LogP contribution in [0.4, 0.5) is 0 Å². The molecule has 3 aromatic rings. The maximum absolute atomic E-state index is 5.40. The summed E-state index contributed by atoms with van der Waals surface area (Å²) in [7, 11) is 1.58. The highest BCUT2D eigenvalue weighted by molar-refractivity contribution is 5.69. The van der Waals surface area contributed by atoms with E-state index in [1.165, 1.54) is 0 Å². The van der Waals surface area contributed by atoms with Crippen molar-refractivity contribution >= 4 is 0 Å². The number of hydrogen-bond acceptors (Lipinski definition) is 6. The van der Waals surface area contributed by atoms with E-state index in [4.69, 9.17) is 14.6 Å². The summed E-state index contributed by atoms with van der Waals surface area (Å²) in [5.41, 5.74) is 3.86. The third-order valence-electron chi connectivity index (χ3n) is 4.91. The maximum Gasteiger partial charge on any atom is 0.233 e. The fourth-order valence-electron chi connectivity index (χ4n) is 3.34. The zero-order valence-electron chi connectivity index (χ0n) is 16.1. The van der Waals surface area contributed by atoms with Gasteiger partial charge in [0.25, 0.3) is 0 Å². The minimum Gasteiger partial charge on any atom is -0.480 e. The second kappa shape index (κ2) is 8.95. The van der Waals surface area contributed by atoms with Crippen molar-refractivity contribution in [3.63, 3.8) is 0 Å². The van der Waals surface area contributed by atoms with Crippen LogP contribution in [-0.2, 0) is 11.3 Å². The normalized spacial score (nSPS) is 14.9. The topological polar surface area (TPSA) is 65.3 Å². The molecule has 0 N–H and O–H groups in total. The van der Waals surface area contributed by atoms with Crippen molar-refractivity contribution in [3.05, 3.63) is 48.7 Å². The van der Waals surface area contributed by atoms with Crippen molar-refractivity contribution in [3.8, 4) is 28.4 Å². The summed E-state index contributed by atoms with van der Waals surface area (Å²) >= 11 is 0. The highest BCUT2D eigenvalue weighted by atomic mass is 16.5. The smallest absolute Gasteiger partial charge is 0.233 e. The summed E-state index contributed by atoms with van der Waals surface area (Å²) in [6.07, 6.45) is 3.14. The Kier molecular flexibility index (Phi) is 5.94. The van der Waals surface area contributed by atoms with Gasteiger partial charge in [-0.3, -0.25) is 9.58 Å². The number of morpholine rings is 1.